The van der Waals surface area contributed by atoms with Gasteiger partial charge in [-0.1, -0.05) is 0 Å². The molecule has 1 aromatic rings. The molecule has 0 aliphatic rings. The van der Waals surface area contributed by atoms with Gasteiger partial charge in [0, 0.05) is 0 Å². The van der Waals surface area contributed by atoms with E-state index in [2.05, 4.69) is 4.37 Å². The van der Waals surface area contributed by atoms with Gasteiger partial charge < -0.3 is 10.8 Å². The number of nitrogens with two attached hydrogens (primary N) is 1. The summed E-state index contributed by atoms with van der Waals surface area (Å²) in [7, 11) is 0. The number of nitrogens with zero attached hydrogens (tertiary/aromatic N) is 1. The lowest BCUT2D eigenvalue weighted by molar-refractivity contribution is 0.0703. The Bertz CT molecular complexity index is 273. The van der Waals surface area contributed by atoms with Crippen molar-refractivity contribution in [1.82, 2.24) is 4.37 Å². The number of carboxylic acids is 1. The Morgan fingerprint density at radius 2 is 2.27 bits per heavy atom. The summed E-state index contributed by atoms with van der Waals surface area (Å²) in [6, 6.07) is 0. The van der Waals surface area contributed by atoms with Gasteiger partial charge in [0.1, 0.15) is 0 Å². The number of aryl methyl sites for hydroxylation is 1. The monoisotopic (exact) mass is 194 g/mol. The zero-order valence-corrected chi connectivity index (χ0v) is 7.33. The molecule has 0 radical (unpaired) electrons. The number of aromatic nitrogens is 1. The summed E-state index contributed by atoms with van der Waals surface area (Å²) in [4.78, 5) is 10.4. The first-order valence-corrected chi connectivity index (χ1v) is 3.35. The number of nitrogen functional groups attached to an aromatic ring is 1. The van der Waals surface area contributed by atoms with E-state index in [4.69, 9.17) is 10.8 Å². The van der Waals surface area contributed by atoms with Crippen LogP contribution in [0.4, 0.5) is 5.69 Å². The molecule has 0 saturated heterocycles. The molecule has 0 aliphatic carbocycles. The van der Waals surface area contributed by atoms with Gasteiger partial charge in [-0.2, -0.15) is 4.37 Å². The molecule has 0 fully saturated rings. The van der Waals surface area contributed by atoms with Gasteiger partial charge in [0.15, 0.2) is 4.88 Å². The SMILES string of the molecule is Cc1nsc(C(=O)O)c1N.Cl. The molecule has 0 aliphatic heterocycles. The van der Waals surface area contributed by atoms with Gasteiger partial charge >= 0.3 is 5.97 Å². The van der Waals surface area contributed by atoms with Crippen molar-refractivity contribution in [3.8, 4) is 0 Å². The maximum absolute atomic E-state index is 10.3. The number of hydrogen-bond acceptors (Lipinski definition) is 4. The van der Waals surface area contributed by atoms with Crippen molar-refractivity contribution in [2.75, 3.05) is 5.73 Å². The molecular formula is C5H7ClN2O2S. The van der Waals surface area contributed by atoms with Crippen LogP contribution in [0.1, 0.15) is 15.4 Å². The molecule has 11 heavy (non-hydrogen) atoms. The van der Waals surface area contributed by atoms with Crippen molar-refractivity contribution in [3.05, 3.63) is 10.6 Å². The van der Waals surface area contributed by atoms with Crippen LogP contribution in [-0.4, -0.2) is 15.4 Å². The minimum atomic E-state index is -1.01. The zero-order chi connectivity index (χ0) is 7.72. The molecule has 0 aromatic carbocycles. The Kier molecular flexibility index (Phi) is 3.28. The highest BCUT2D eigenvalue weighted by Crippen LogP contribution is 2.19. The molecule has 4 nitrogen and oxygen atoms in total. The summed E-state index contributed by atoms with van der Waals surface area (Å²) in [5, 5.41) is 8.47. The molecule has 1 heterocycles. The van der Waals surface area contributed by atoms with Gasteiger partial charge in [0.2, 0.25) is 0 Å². The average Bonchev–Trinajstić information content (AvgIpc) is 2.14. The van der Waals surface area contributed by atoms with E-state index in [9.17, 15) is 4.79 Å². The van der Waals surface area contributed by atoms with Crippen molar-refractivity contribution in [3.63, 3.8) is 0 Å². The largest absolute Gasteiger partial charge is 0.477 e. The van der Waals surface area contributed by atoms with Crippen LogP contribution in [0.5, 0.6) is 0 Å². The second-order valence-corrected chi connectivity index (χ2v) is 2.59. The third-order valence-corrected chi connectivity index (χ3v) is 2.04. The molecule has 62 valence electrons. The van der Waals surface area contributed by atoms with Gasteiger partial charge in [-0.05, 0) is 18.5 Å². The van der Waals surface area contributed by atoms with E-state index in [0.717, 1.165) is 11.5 Å². The number of halogens is 1. The van der Waals surface area contributed by atoms with Crippen molar-refractivity contribution in [2.45, 2.75) is 6.92 Å². The summed E-state index contributed by atoms with van der Waals surface area (Å²) < 4.78 is 3.77. The first-order chi connectivity index (χ1) is 4.63. The number of hydrogen-bond donors (Lipinski definition) is 2. The smallest absolute Gasteiger partial charge is 0.349 e. The fourth-order valence-corrected chi connectivity index (χ4v) is 1.18. The van der Waals surface area contributed by atoms with Crippen molar-refractivity contribution < 1.29 is 9.90 Å². The summed E-state index contributed by atoms with van der Waals surface area (Å²) in [6.07, 6.45) is 0. The highest BCUT2D eigenvalue weighted by molar-refractivity contribution is 7.08. The van der Waals surface area contributed by atoms with E-state index >= 15 is 0 Å². The molecule has 6 heteroatoms. The average molecular weight is 195 g/mol. The predicted molar refractivity (Wildman–Crippen MR) is 45.5 cm³/mol. The van der Waals surface area contributed by atoms with E-state index in [1.165, 1.54) is 0 Å². The minimum absolute atomic E-state index is 0. The normalized spacial score (nSPS) is 8.82. The van der Waals surface area contributed by atoms with Crippen LogP contribution in [0.3, 0.4) is 0 Å². The quantitative estimate of drug-likeness (QED) is 0.703. The van der Waals surface area contributed by atoms with Crippen molar-refractivity contribution >= 4 is 35.6 Å². The van der Waals surface area contributed by atoms with Gasteiger partial charge in [-0.15, -0.1) is 12.4 Å². The van der Waals surface area contributed by atoms with E-state index < -0.39 is 5.97 Å². The molecule has 1 rings (SSSR count). The lowest BCUT2D eigenvalue weighted by Gasteiger charge is -1.88. The number of anilines is 1. The van der Waals surface area contributed by atoms with Crippen LogP contribution in [0.2, 0.25) is 0 Å². The number of aromatic carboxylic acids is 1. The fourth-order valence-electron chi connectivity index (χ4n) is 0.531. The molecule has 0 bridgehead atoms. The maximum atomic E-state index is 10.3. The van der Waals surface area contributed by atoms with Gasteiger partial charge in [0.25, 0.3) is 0 Å². The first-order valence-electron chi connectivity index (χ1n) is 2.58. The van der Waals surface area contributed by atoms with Crippen molar-refractivity contribution in [2.24, 2.45) is 0 Å². The Morgan fingerprint density at radius 1 is 1.73 bits per heavy atom. The number of carboxylic acid groups (broad SMARTS) is 1. The van der Waals surface area contributed by atoms with Crippen LogP contribution in [0.15, 0.2) is 0 Å². The van der Waals surface area contributed by atoms with Gasteiger partial charge in [0.05, 0.1) is 11.4 Å². The summed E-state index contributed by atoms with van der Waals surface area (Å²) in [5.41, 5.74) is 6.23. The molecule has 0 atom stereocenters. The van der Waals surface area contributed by atoms with Crippen LogP contribution >= 0.6 is 23.9 Å². The van der Waals surface area contributed by atoms with Gasteiger partial charge in [-0.25, -0.2) is 4.79 Å². The Balaban J connectivity index is 0.000001000. The highest BCUT2D eigenvalue weighted by atomic mass is 35.5. The second kappa shape index (κ2) is 3.54. The van der Waals surface area contributed by atoms with Crippen LogP contribution in [0, 0.1) is 6.92 Å². The third kappa shape index (κ3) is 1.81. The first kappa shape index (κ1) is 10.2. The highest BCUT2D eigenvalue weighted by Gasteiger charge is 2.12. The molecular weight excluding hydrogens is 188 g/mol. The summed E-state index contributed by atoms with van der Waals surface area (Å²) in [5.74, 6) is -1.01. The molecule has 0 spiro atoms. The Labute approximate surface area is 73.6 Å². The lowest BCUT2D eigenvalue weighted by Crippen LogP contribution is -1.97. The van der Waals surface area contributed by atoms with Crippen molar-refractivity contribution in [1.29, 1.82) is 0 Å². The Morgan fingerprint density at radius 3 is 2.45 bits per heavy atom. The van der Waals surface area contributed by atoms with E-state index in [-0.39, 0.29) is 23.0 Å². The standard InChI is InChI=1S/C5H6N2O2S.ClH/c1-2-3(6)4(5(8)9)10-7-2;/h6H2,1H3,(H,8,9);1H. The predicted octanol–water partition coefficient (Wildman–Crippen LogP) is 1.15. The number of rotatable bonds is 1. The summed E-state index contributed by atoms with van der Waals surface area (Å²) >= 11 is 0.910. The molecule has 0 unspecified atom stereocenters. The van der Waals surface area contributed by atoms with Crippen LogP contribution < -0.4 is 5.73 Å². The van der Waals surface area contributed by atoms with E-state index in [1.807, 2.05) is 0 Å². The van der Waals surface area contributed by atoms with E-state index in [0.29, 0.717) is 5.69 Å². The third-order valence-electron chi connectivity index (χ3n) is 1.10. The second-order valence-electron chi connectivity index (χ2n) is 1.82. The molecule has 0 amide bonds. The Hall–Kier alpha value is -0.810. The zero-order valence-electron chi connectivity index (χ0n) is 5.70. The molecule has 1 aromatic heterocycles. The maximum Gasteiger partial charge on any atom is 0.349 e. The summed E-state index contributed by atoms with van der Waals surface area (Å²) in [6.45, 7) is 1.68. The topological polar surface area (TPSA) is 76.2 Å². The van der Waals surface area contributed by atoms with Crippen LogP contribution in [-0.2, 0) is 0 Å². The molecule has 0 saturated carbocycles. The van der Waals surface area contributed by atoms with Gasteiger partial charge in [-0.3, -0.25) is 0 Å². The lowest BCUT2D eigenvalue weighted by atomic mass is 10.3. The minimum Gasteiger partial charge on any atom is -0.477 e. The number of carbonyl (C=O) groups is 1. The van der Waals surface area contributed by atoms with Crippen LogP contribution in [0.25, 0.3) is 0 Å². The fraction of sp³-hybridized carbons (Fsp3) is 0.200. The van der Waals surface area contributed by atoms with E-state index in [1.54, 1.807) is 6.92 Å². The molecule has 3 N–H and O–H groups in total.